The number of hydrogen-bond acceptors (Lipinski definition) is 7. The van der Waals surface area contributed by atoms with Crippen LogP contribution in [0.2, 0.25) is 0 Å². The molecule has 1 atom stereocenters. The molecule has 0 bridgehead atoms. The number of hydrogen-bond donors (Lipinski definition) is 3. The average molecular weight is 409 g/mol. The number of aliphatic hydroxyl groups is 2. The number of allylic oxidation sites excluding steroid dienone is 1. The number of nitriles is 1. The highest BCUT2D eigenvalue weighted by Crippen LogP contribution is 2.50. The summed E-state index contributed by atoms with van der Waals surface area (Å²) in [5.74, 6) is 0.391. The van der Waals surface area contributed by atoms with Gasteiger partial charge in [0.25, 0.3) is 0 Å². The van der Waals surface area contributed by atoms with Crippen LogP contribution in [0.1, 0.15) is 55.4 Å². The molecule has 1 aromatic carbocycles. The second kappa shape index (κ2) is 9.16. The number of ether oxygens (including phenoxy) is 2. The Morgan fingerprint density at radius 2 is 1.93 bits per heavy atom. The third kappa shape index (κ3) is 3.84. The number of nitrogens with zero attached hydrogens (tertiary/aromatic N) is 2. The first-order valence-electron chi connectivity index (χ1n) is 10.1. The number of aryl methyl sites for hydroxylation is 1. The number of anilines is 1. The lowest BCUT2D eigenvalue weighted by molar-refractivity contribution is -0.0122. The highest BCUT2D eigenvalue weighted by Gasteiger charge is 2.37. The van der Waals surface area contributed by atoms with Gasteiger partial charge >= 0.3 is 0 Å². The quantitative estimate of drug-likeness (QED) is 0.600. The van der Waals surface area contributed by atoms with Crippen LogP contribution >= 0.6 is 0 Å². The molecule has 0 aliphatic carbocycles. The van der Waals surface area contributed by atoms with E-state index >= 15 is 0 Å². The fourth-order valence-corrected chi connectivity index (χ4v) is 3.89. The maximum atomic E-state index is 10.4. The Kier molecular flexibility index (Phi) is 6.60. The first kappa shape index (κ1) is 21.6. The van der Waals surface area contributed by atoms with Crippen LogP contribution in [0, 0.1) is 18.3 Å². The standard InChI is InChI=1S/C23H27N3O4/c1-5-16-19(23(27)28)18(15-9-8-14(11-24)10-17(15)29-6-2)20-21(26-16)13(4)12-25-22(20)30-7-3/h8-10,12,18,23,26-28H,5-7H2,1-4H3/t18-/m1/s1. The predicted octanol–water partition coefficient (Wildman–Crippen LogP) is 3.59. The second-order valence-corrected chi connectivity index (χ2v) is 6.98. The van der Waals surface area contributed by atoms with Gasteiger partial charge in [-0.05, 0) is 44.9 Å². The molecule has 2 heterocycles. The summed E-state index contributed by atoms with van der Waals surface area (Å²) in [7, 11) is 0. The van der Waals surface area contributed by atoms with Gasteiger partial charge in [0.2, 0.25) is 5.88 Å². The van der Waals surface area contributed by atoms with Crippen molar-refractivity contribution in [1.29, 1.82) is 5.26 Å². The Balaban J connectivity index is 2.37. The monoisotopic (exact) mass is 409 g/mol. The second-order valence-electron chi connectivity index (χ2n) is 6.98. The van der Waals surface area contributed by atoms with E-state index in [0.717, 1.165) is 28.1 Å². The Hall–Kier alpha value is -3.08. The van der Waals surface area contributed by atoms with Crippen molar-refractivity contribution >= 4 is 5.69 Å². The van der Waals surface area contributed by atoms with Gasteiger partial charge in [0, 0.05) is 34.5 Å². The number of benzene rings is 1. The normalized spacial score (nSPS) is 15.5. The first-order valence-corrected chi connectivity index (χ1v) is 10.1. The summed E-state index contributed by atoms with van der Waals surface area (Å²) in [6.07, 6.45) is 0.629. The van der Waals surface area contributed by atoms with E-state index in [1.165, 1.54) is 0 Å². The molecule has 0 radical (unpaired) electrons. The lowest BCUT2D eigenvalue weighted by Crippen LogP contribution is -2.28. The van der Waals surface area contributed by atoms with E-state index in [1.807, 2.05) is 27.7 Å². The molecule has 0 amide bonds. The molecule has 3 N–H and O–H groups in total. The van der Waals surface area contributed by atoms with Crippen molar-refractivity contribution < 1.29 is 19.7 Å². The van der Waals surface area contributed by atoms with Crippen molar-refractivity contribution in [3.8, 4) is 17.7 Å². The lowest BCUT2D eigenvalue weighted by atomic mass is 9.79. The molecule has 0 spiro atoms. The highest BCUT2D eigenvalue weighted by molar-refractivity contribution is 5.72. The van der Waals surface area contributed by atoms with Gasteiger partial charge in [0.05, 0.1) is 30.5 Å². The molecule has 2 aromatic rings. The van der Waals surface area contributed by atoms with Crippen LogP contribution in [-0.2, 0) is 0 Å². The van der Waals surface area contributed by atoms with Crippen LogP contribution in [-0.4, -0.2) is 34.7 Å². The van der Waals surface area contributed by atoms with E-state index in [2.05, 4.69) is 16.4 Å². The maximum Gasteiger partial charge on any atom is 0.219 e. The zero-order valence-corrected chi connectivity index (χ0v) is 17.7. The summed E-state index contributed by atoms with van der Waals surface area (Å²) >= 11 is 0. The summed E-state index contributed by atoms with van der Waals surface area (Å²) in [5, 5.41) is 33.4. The third-order valence-corrected chi connectivity index (χ3v) is 5.16. The predicted molar refractivity (Wildman–Crippen MR) is 113 cm³/mol. The Morgan fingerprint density at radius 3 is 2.53 bits per heavy atom. The van der Waals surface area contributed by atoms with Gasteiger partial charge < -0.3 is 25.0 Å². The summed E-state index contributed by atoms with van der Waals surface area (Å²) in [6.45, 7) is 8.47. The van der Waals surface area contributed by atoms with E-state index in [4.69, 9.17) is 9.47 Å². The van der Waals surface area contributed by atoms with Crippen LogP contribution in [0.15, 0.2) is 35.7 Å². The molecule has 0 saturated heterocycles. The Labute approximate surface area is 176 Å². The first-order chi connectivity index (χ1) is 14.5. The minimum absolute atomic E-state index is 0.408. The van der Waals surface area contributed by atoms with Crippen molar-refractivity contribution in [1.82, 2.24) is 4.98 Å². The molecule has 0 saturated carbocycles. The van der Waals surface area contributed by atoms with Gasteiger partial charge in [-0.25, -0.2) is 4.98 Å². The number of nitrogens with one attached hydrogen (secondary N) is 1. The smallest absolute Gasteiger partial charge is 0.219 e. The number of pyridine rings is 1. The molecular weight excluding hydrogens is 382 g/mol. The van der Waals surface area contributed by atoms with Crippen LogP contribution < -0.4 is 14.8 Å². The number of aliphatic hydroxyl groups excluding tert-OH is 1. The van der Waals surface area contributed by atoms with E-state index in [1.54, 1.807) is 24.4 Å². The van der Waals surface area contributed by atoms with Gasteiger partial charge in [0.1, 0.15) is 5.75 Å². The fraction of sp³-hybridized carbons (Fsp3) is 0.391. The fourth-order valence-electron chi connectivity index (χ4n) is 3.89. The van der Waals surface area contributed by atoms with Crippen molar-refractivity contribution in [2.45, 2.75) is 46.3 Å². The zero-order chi connectivity index (χ0) is 21.8. The maximum absolute atomic E-state index is 10.4. The molecule has 1 aliphatic rings. The number of fused-ring (bicyclic) bond motifs is 1. The van der Waals surface area contributed by atoms with Gasteiger partial charge in [-0.15, -0.1) is 0 Å². The molecule has 7 heteroatoms. The molecule has 158 valence electrons. The number of aromatic nitrogens is 1. The Morgan fingerprint density at radius 1 is 1.20 bits per heavy atom. The van der Waals surface area contributed by atoms with Crippen molar-refractivity contribution in [2.75, 3.05) is 18.5 Å². The summed E-state index contributed by atoms with van der Waals surface area (Å²) < 4.78 is 11.7. The van der Waals surface area contributed by atoms with Gasteiger partial charge in [-0.1, -0.05) is 13.0 Å². The molecule has 7 nitrogen and oxygen atoms in total. The van der Waals surface area contributed by atoms with Gasteiger partial charge in [-0.2, -0.15) is 5.26 Å². The molecule has 1 aliphatic heterocycles. The van der Waals surface area contributed by atoms with E-state index in [-0.39, 0.29) is 0 Å². The van der Waals surface area contributed by atoms with Gasteiger partial charge in [0.15, 0.2) is 6.29 Å². The molecule has 0 fully saturated rings. The summed E-state index contributed by atoms with van der Waals surface area (Å²) in [4.78, 5) is 4.47. The minimum atomic E-state index is -1.69. The molecule has 30 heavy (non-hydrogen) atoms. The van der Waals surface area contributed by atoms with Crippen molar-refractivity contribution in [2.24, 2.45) is 0 Å². The van der Waals surface area contributed by atoms with Crippen molar-refractivity contribution in [3.05, 3.63) is 57.9 Å². The van der Waals surface area contributed by atoms with Crippen LogP contribution in [0.5, 0.6) is 11.6 Å². The van der Waals surface area contributed by atoms with Crippen LogP contribution in [0.3, 0.4) is 0 Å². The summed E-state index contributed by atoms with van der Waals surface area (Å²) in [5.41, 5.74) is 4.82. The van der Waals surface area contributed by atoms with Crippen LogP contribution in [0.25, 0.3) is 0 Å². The van der Waals surface area contributed by atoms with E-state index < -0.39 is 12.2 Å². The largest absolute Gasteiger partial charge is 0.494 e. The van der Waals surface area contributed by atoms with Gasteiger partial charge in [-0.3, -0.25) is 0 Å². The average Bonchev–Trinajstić information content (AvgIpc) is 2.74. The molecule has 0 unspecified atom stereocenters. The topological polar surface area (TPSA) is 108 Å². The summed E-state index contributed by atoms with van der Waals surface area (Å²) in [6, 6.07) is 7.31. The molecular formula is C23H27N3O4. The minimum Gasteiger partial charge on any atom is -0.494 e. The lowest BCUT2D eigenvalue weighted by Gasteiger charge is -2.35. The van der Waals surface area contributed by atoms with Crippen LogP contribution in [0.4, 0.5) is 5.69 Å². The number of rotatable bonds is 7. The molecule has 3 rings (SSSR count). The third-order valence-electron chi connectivity index (χ3n) is 5.16. The SMILES string of the molecule is CCOc1cc(C#N)ccc1[C@@H]1C(C(O)O)=C(CC)Nc2c(C)cnc(OCC)c21. The van der Waals surface area contributed by atoms with Crippen molar-refractivity contribution in [3.63, 3.8) is 0 Å². The zero-order valence-electron chi connectivity index (χ0n) is 17.7. The Bertz CT molecular complexity index is 1010. The van der Waals surface area contributed by atoms with E-state index in [0.29, 0.717) is 42.4 Å². The molecule has 1 aromatic heterocycles. The highest BCUT2D eigenvalue weighted by atomic mass is 16.5. The van der Waals surface area contributed by atoms with E-state index in [9.17, 15) is 15.5 Å².